The Balaban J connectivity index is 1.48. The highest BCUT2D eigenvalue weighted by Crippen LogP contribution is 2.46. The summed E-state index contributed by atoms with van der Waals surface area (Å²) in [5.41, 5.74) is -1.70. The number of alkyl halides is 3. The Morgan fingerprint density at radius 1 is 0.870 bits per heavy atom. The highest BCUT2D eigenvalue weighted by molar-refractivity contribution is 7.99. The molecule has 2 fully saturated rings. The van der Waals surface area contributed by atoms with Gasteiger partial charge in [-0.3, -0.25) is 4.79 Å². The quantitative estimate of drug-likeness (QED) is 0.121. The van der Waals surface area contributed by atoms with E-state index < -0.39 is 40.1 Å². The minimum Gasteiger partial charge on any atom is -0.465 e. The van der Waals surface area contributed by atoms with Crippen molar-refractivity contribution in [3.8, 4) is 11.1 Å². The zero-order valence-corrected chi connectivity index (χ0v) is 28.1. The number of hydrogen-bond acceptors (Lipinski definition) is 3. The van der Waals surface area contributed by atoms with Gasteiger partial charge in [0.15, 0.2) is 11.6 Å². The smallest absolute Gasteiger partial charge is 0.419 e. The SMILES string of the molecule is CCCCC(CC)COC(=O)CCSc1c(-c2ccc(C3CCC(C4CCC(C)CC4)CC3)c(F)c2F)ccc(C(F)(F)F)c1F. The average Bonchev–Trinajstić information content (AvgIpc) is 3.03. The van der Waals surface area contributed by atoms with Crippen molar-refractivity contribution < 1.29 is 35.9 Å². The number of carbonyl (C=O) groups is 1. The predicted octanol–water partition coefficient (Wildman–Crippen LogP) is 12.1. The van der Waals surface area contributed by atoms with Crippen molar-refractivity contribution >= 4 is 17.7 Å². The fourth-order valence-electron chi connectivity index (χ4n) is 7.29. The fourth-order valence-corrected chi connectivity index (χ4v) is 8.34. The summed E-state index contributed by atoms with van der Waals surface area (Å²) in [7, 11) is 0. The maximum atomic E-state index is 15.7. The molecule has 2 saturated carbocycles. The molecule has 2 aliphatic rings. The van der Waals surface area contributed by atoms with Crippen LogP contribution in [0.5, 0.6) is 0 Å². The van der Waals surface area contributed by atoms with E-state index in [1.54, 1.807) is 0 Å². The van der Waals surface area contributed by atoms with Gasteiger partial charge in [0, 0.05) is 16.9 Å². The number of unbranched alkanes of at least 4 members (excludes halogenated alkanes) is 1. The van der Waals surface area contributed by atoms with Gasteiger partial charge in [0.05, 0.1) is 23.5 Å². The van der Waals surface area contributed by atoms with E-state index in [1.165, 1.54) is 37.8 Å². The first-order valence-electron chi connectivity index (χ1n) is 17.1. The van der Waals surface area contributed by atoms with Gasteiger partial charge in [-0.15, -0.1) is 11.8 Å². The predicted molar refractivity (Wildman–Crippen MR) is 172 cm³/mol. The maximum absolute atomic E-state index is 15.7. The van der Waals surface area contributed by atoms with Crippen LogP contribution in [0, 0.1) is 41.1 Å². The largest absolute Gasteiger partial charge is 0.465 e. The number of benzene rings is 2. The lowest BCUT2D eigenvalue weighted by Gasteiger charge is -2.37. The summed E-state index contributed by atoms with van der Waals surface area (Å²) < 4.78 is 92.9. The Morgan fingerprint density at radius 3 is 2.11 bits per heavy atom. The highest BCUT2D eigenvalue weighted by Gasteiger charge is 2.37. The van der Waals surface area contributed by atoms with E-state index in [9.17, 15) is 18.0 Å². The first-order chi connectivity index (χ1) is 21.9. The van der Waals surface area contributed by atoms with Crippen molar-refractivity contribution in [3.63, 3.8) is 0 Å². The Bertz CT molecular complexity index is 1300. The Hall–Kier alpha value is -2.16. The zero-order chi connectivity index (χ0) is 33.4. The van der Waals surface area contributed by atoms with Crippen LogP contribution in [-0.2, 0) is 15.7 Å². The molecule has 1 atom stereocenters. The van der Waals surface area contributed by atoms with Crippen LogP contribution in [-0.4, -0.2) is 18.3 Å². The first kappa shape index (κ1) is 36.7. The lowest BCUT2D eigenvalue weighted by molar-refractivity contribution is -0.144. The van der Waals surface area contributed by atoms with Crippen LogP contribution >= 0.6 is 11.8 Å². The molecule has 0 spiro atoms. The van der Waals surface area contributed by atoms with Crippen molar-refractivity contribution in [1.82, 2.24) is 0 Å². The molecule has 1 unspecified atom stereocenters. The monoisotopic (exact) mass is 670 g/mol. The summed E-state index contributed by atoms with van der Waals surface area (Å²) >= 11 is 0.677. The van der Waals surface area contributed by atoms with Crippen LogP contribution in [0.2, 0.25) is 0 Å². The van der Waals surface area contributed by atoms with E-state index in [1.807, 2.05) is 6.92 Å². The lowest BCUT2D eigenvalue weighted by atomic mass is 9.68. The molecule has 0 amide bonds. The number of esters is 1. The van der Waals surface area contributed by atoms with Gasteiger partial charge in [-0.1, -0.05) is 71.1 Å². The van der Waals surface area contributed by atoms with E-state index in [0.29, 0.717) is 29.7 Å². The van der Waals surface area contributed by atoms with E-state index in [-0.39, 0.29) is 47.3 Å². The van der Waals surface area contributed by atoms with Crippen molar-refractivity contribution in [1.29, 1.82) is 0 Å². The summed E-state index contributed by atoms with van der Waals surface area (Å²) in [5, 5.41) is 0. The highest BCUT2D eigenvalue weighted by atomic mass is 32.2. The lowest BCUT2D eigenvalue weighted by Crippen LogP contribution is -2.25. The van der Waals surface area contributed by atoms with Crippen LogP contribution < -0.4 is 0 Å². The zero-order valence-electron chi connectivity index (χ0n) is 27.3. The molecule has 0 aliphatic heterocycles. The summed E-state index contributed by atoms with van der Waals surface area (Å²) in [6.07, 6.45) is 7.10. The summed E-state index contributed by atoms with van der Waals surface area (Å²) in [5.74, 6) is -2.23. The molecule has 9 heteroatoms. The third kappa shape index (κ3) is 9.25. The molecule has 2 aliphatic carbocycles. The molecule has 2 aromatic rings. The van der Waals surface area contributed by atoms with E-state index in [4.69, 9.17) is 4.74 Å². The third-order valence-corrected chi connectivity index (χ3v) is 11.4. The molecule has 0 radical (unpaired) electrons. The van der Waals surface area contributed by atoms with Gasteiger partial charge in [-0.05, 0) is 86.2 Å². The van der Waals surface area contributed by atoms with Crippen molar-refractivity contribution in [3.05, 3.63) is 52.8 Å². The van der Waals surface area contributed by atoms with Crippen molar-refractivity contribution in [2.24, 2.45) is 23.7 Å². The second-order valence-electron chi connectivity index (χ2n) is 13.5. The Morgan fingerprint density at radius 2 is 1.50 bits per heavy atom. The minimum absolute atomic E-state index is 0.0822. The molecule has 256 valence electrons. The number of thioether (sulfide) groups is 1. The second-order valence-corrected chi connectivity index (χ2v) is 14.6. The third-order valence-electron chi connectivity index (χ3n) is 10.3. The van der Waals surface area contributed by atoms with Crippen LogP contribution in [0.1, 0.15) is 121 Å². The molecular weight excluding hydrogens is 622 g/mol. The number of halogens is 6. The number of ether oxygens (including phenoxy) is 1. The molecule has 0 bridgehead atoms. The second kappa shape index (κ2) is 16.8. The van der Waals surface area contributed by atoms with Crippen molar-refractivity contribution in [2.75, 3.05) is 12.4 Å². The average molecular weight is 671 g/mol. The summed E-state index contributed by atoms with van der Waals surface area (Å²) in [4.78, 5) is 11.9. The molecule has 2 aromatic carbocycles. The first-order valence-corrected chi connectivity index (χ1v) is 18.1. The molecule has 0 heterocycles. The van der Waals surface area contributed by atoms with Crippen LogP contribution in [0.3, 0.4) is 0 Å². The van der Waals surface area contributed by atoms with Gasteiger partial charge >= 0.3 is 12.1 Å². The van der Waals surface area contributed by atoms with E-state index in [0.717, 1.165) is 63.4 Å². The summed E-state index contributed by atoms with van der Waals surface area (Å²) in [6.45, 7) is 6.64. The van der Waals surface area contributed by atoms with Crippen molar-refractivity contribution in [2.45, 2.75) is 121 Å². The van der Waals surface area contributed by atoms with Crippen LogP contribution in [0.15, 0.2) is 29.2 Å². The van der Waals surface area contributed by atoms with Crippen LogP contribution in [0.4, 0.5) is 26.3 Å². The molecule has 0 N–H and O–H groups in total. The summed E-state index contributed by atoms with van der Waals surface area (Å²) in [6, 6.07) is 4.40. The fraction of sp³-hybridized carbons (Fsp3) is 0.649. The number of hydrogen-bond donors (Lipinski definition) is 0. The Kier molecular flexibility index (Phi) is 13.4. The van der Waals surface area contributed by atoms with Gasteiger partial charge in [-0.2, -0.15) is 13.2 Å². The molecule has 2 nitrogen and oxygen atoms in total. The molecule has 4 rings (SSSR count). The molecular formula is C37H48F6O2S. The topological polar surface area (TPSA) is 26.3 Å². The van der Waals surface area contributed by atoms with Crippen LogP contribution in [0.25, 0.3) is 11.1 Å². The Labute approximate surface area is 274 Å². The maximum Gasteiger partial charge on any atom is 0.419 e. The van der Waals surface area contributed by atoms with E-state index >= 15 is 13.2 Å². The van der Waals surface area contributed by atoms with Gasteiger partial charge in [0.2, 0.25) is 0 Å². The van der Waals surface area contributed by atoms with Gasteiger partial charge < -0.3 is 4.74 Å². The normalized spacial score (nSPS) is 22.9. The van der Waals surface area contributed by atoms with Gasteiger partial charge in [-0.25, -0.2) is 13.2 Å². The molecule has 0 aromatic heterocycles. The standard InChI is InChI=1S/C37H48F6O2S/c1-4-6-7-24(5-2)22-45-32(44)20-21-46-36-30(18-19-31(35(36)40)37(41,42)43)29-17-16-28(33(38)34(29)39)27-14-12-26(13-15-27)25-10-8-23(3)9-11-25/h16-19,23-27H,4-15,20-22H2,1-3H3. The van der Waals surface area contributed by atoms with Gasteiger partial charge in [0.1, 0.15) is 5.82 Å². The number of carbonyl (C=O) groups excluding carboxylic acids is 1. The van der Waals surface area contributed by atoms with E-state index in [2.05, 4.69) is 13.8 Å². The molecule has 46 heavy (non-hydrogen) atoms. The van der Waals surface area contributed by atoms with Gasteiger partial charge in [0.25, 0.3) is 0 Å². The minimum atomic E-state index is -4.98. The molecule has 0 saturated heterocycles. The number of rotatable bonds is 13.